The second-order valence-electron chi connectivity index (χ2n) is 4.43. The highest BCUT2D eigenvalue weighted by atomic mass is 79.9. The first-order chi connectivity index (χ1) is 9.49. The predicted octanol–water partition coefficient (Wildman–Crippen LogP) is 4.21. The van der Waals surface area contributed by atoms with Crippen molar-refractivity contribution in [2.45, 2.75) is 29.6 Å². The molecule has 1 heterocycles. The maximum Gasteiger partial charge on any atom is 0.355 e. The molecule has 4 nitrogen and oxygen atoms in total. The van der Waals surface area contributed by atoms with Crippen LogP contribution in [-0.2, 0) is 0 Å². The van der Waals surface area contributed by atoms with E-state index in [1.54, 1.807) is 6.20 Å². The minimum atomic E-state index is -1.04. The molecule has 0 amide bonds. The van der Waals surface area contributed by atoms with E-state index >= 15 is 0 Å². The van der Waals surface area contributed by atoms with Gasteiger partial charge < -0.3 is 5.11 Å². The van der Waals surface area contributed by atoms with Crippen molar-refractivity contribution in [3.05, 3.63) is 46.5 Å². The number of benzene rings is 1. The van der Waals surface area contributed by atoms with Crippen molar-refractivity contribution in [3.63, 3.8) is 0 Å². The Hall–Kier alpha value is -1.40. The average Bonchev–Trinajstić information content (AvgIpc) is 2.41. The molecular weight excluding hydrogens is 340 g/mol. The Morgan fingerprint density at radius 1 is 1.30 bits per heavy atom. The Bertz CT molecular complexity index is 647. The van der Waals surface area contributed by atoms with E-state index in [2.05, 4.69) is 25.9 Å². The minimum absolute atomic E-state index is 0.0458. The smallest absolute Gasteiger partial charge is 0.355 e. The third kappa shape index (κ3) is 3.37. The topological polar surface area (TPSA) is 63.1 Å². The van der Waals surface area contributed by atoms with Crippen LogP contribution >= 0.6 is 27.7 Å². The predicted molar refractivity (Wildman–Crippen MR) is 81.3 cm³/mol. The third-order valence-corrected chi connectivity index (χ3v) is 4.60. The van der Waals surface area contributed by atoms with Crippen molar-refractivity contribution < 1.29 is 9.90 Å². The number of aromatic nitrogens is 2. The van der Waals surface area contributed by atoms with E-state index in [1.807, 2.05) is 38.1 Å². The summed E-state index contributed by atoms with van der Waals surface area (Å²) in [6, 6.07) is 7.63. The molecular formula is C14H13BrN2O2S. The molecule has 0 fully saturated rings. The molecule has 0 unspecified atom stereocenters. The van der Waals surface area contributed by atoms with Crippen LogP contribution in [-0.4, -0.2) is 21.0 Å². The van der Waals surface area contributed by atoms with Gasteiger partial charge in [0.25, 0.3) is 0 Å². The fraction of sp³-hybridized carbons (Fsp3) is 0.214. The largest absolute Gasteiger partial charge is 0.476 e. The first-order valence-electron chi connectivity index (χ1n) is 6.01. The zero-order valence-corrected chi connectivity index (χ0v) is 13.4. The summed E-state index contributed by atoms with van der Waals surface area (Å²) in [6.45, 7) is 3.86. The quantitative estimate of drug-likeness (QED) is 0.892. The molecule has 0 atom stereocenters. The summed E-state index contributed by atoms with van der Waals surface area (Å²) in [4.78, 5) is 21.2. The molecule has 0 spiro atoms. The highest BCUT2D eigenvalue weighted by Gasteiger charge is 2.17. The molecule has 0 bridgehead atoms. The Labute approximate surface area is 129 Å². The molecule has 2 rings (SSSR count). The lowest BCUT2D eigenvalue weighted by atomic mass is 10.2. The second kappa shape index (κ2) is 6.37. The van der Waals surface area contributed by atoms with Gasteiger partial charge in [0, 0.05) is 21.5 Å². The Morgan fingerprint density at radius 2 is 2.00 bits per heavy atom. The summed E-state index contributed by atoms with van der Waals surface area (Å²) in [6.07, 6.45) is 1.58. The number of carboxylic acids is 1. The van der Waals surface area contributed by atoms with Gasteiger partial charge in [-0.25, -0.2) is 14.8 Å². The van der Waals surface area contributed by atoms with Crippen molar-refractivity contribution in [3.8, 4) is 0 Å². The first-order valence-corrected chi connectivity index (χ1v) is 7.62. The molecule has 2 aromatic rings. The van der Waals surface area contributed by atoms with E-state index in [1.165, 1.54) is 11.8 Å². The van der Waals surface area contributed by atoms with Crippen LogP contribution in [0, 0.1) is 0 Å². The highest BCUT2D eigenvalue weighted by Crippen LogP contribution is 2.34. The van der Waals surface area contributed by atoms with Crippen LogP contribution in [0.4, 0.5) is 0 Å². The molecule has 0 saturated carbocycles. The molecule has 6 heteroatoms. The molecule has 1 aromatic heterocycles. The maximum absolute atomic E-state index is 11.4. The number of aromatic carboxylic acids is 1. The van der Waals surface area contributed by atoms with Crippen LogP contribution in [0.2, 0.25) is 0 Å². The first kappa shape index (κ1) is 15.0. The number of hydrogen-bond acceptors (Lipinski definition) is 4. The van der Waals surface area contributed by atoms with Crippen molar-refractivity contribution in [2.75, 3.05) is 0 Å². The molecule has 104 valence electrons. The van der Waals surface area contributed by atoms with Crippen molar-refractivity contribution >= 4 is 33.7 Å². The molecule has 0 radical (unpaired) electrons. The van der Waals surface area contributed by atoms with Gasteiger partial charge in [0.1, 0.15) is 5.82 Å². The zero-order valence-electron chi connectivity index (χ0n) is 11.0. The third-order valence-electron chi connectivity index (χ3n) is 2.55. The SMILES string of the molecule is CC(C)c1ncc(Sc2ccccc2Br)c(C(=O)O)n1. The zero-order chi connectivity index (χ0) is 14.7. The average molecular weight is 353 g/mol. The summed E-state index contributed by atoms with van der Waals surface area (Å²) < 4.78 is 0.911. The van der Waals surface area contributed by atoms with Gasteiger partial charge in [0.05, 0.1) is 4.90 Å². The molecule has 0 aliphatic heterocycles. The van der Waals surface area contributed by atoms with Gasteiger partial charge in [0.15, 0.2) is 5.69 Å². The van der Waals surface area contributed by atoms with E-state index < -0.39 is 5.97 Å². The number of rotatable bonds is 4. The normalized spacial score (nSPS) is 10.8. The number of carbonyl (C=O) groups is 1. The van der Waals surface area contributed by atoms with E-state index in [0.717, 1.165) is 9.37 Å². The number of hydrogen-bond donors (Lipinski definition) is 1. The minimum Gasteiger partial charge on any atom is -0.476 e. The van der Waals surface area contributed by atoms with E-state index in [-0.39, 0.29) is 11.6 Å². The van der Waals surface area contributed by atoms with Gasteiger partial charge in [-0.1, -0.05) is 37.7 Å². The van der Waals surface area contributed by atoms with Gasteiger partial charge >= 0.3 is 5.97 Å². The van der Waals surface area contributed by atoms with Crippen LogP contribution in [0.5, 0.6) is 0 Å². The lowest BCUT2D eigenvalue weighted by Gasteiger charge is -2.09. The Morgan fingerprint density at radius 3 is 2.60 bits per heavy atom. The lowest BCUT2D eigenvalue weighted by Crippen LogP contribution is -2.08. The monoisotopic (exact) mass is 352 g/mol. The van der Waals surface area contributed by atoms with E-state index in [9.17, 15) is 9.90 Å². The summed E-state index contributed by atoms with van der Waals surface area (Å²) in [5.74, 6) is -0.404. The van der Waals surface area contributed by atoms with Gasteiger partial charge in [-0.05, 0) is 28.1 Å². The van der Waals surface area contributed by atoms with E-state index in [4.69, 9.17) is 0 Å². The van der Waals surface area contributed by atoms with Crippen LogP contribution < -0.4 is 0 Å². The van der Waals surface area contributed by atoms with Crippen LogP contribution in [0.25, 0.3) is 0 Å². The van der Waals surface area contributed by atoms with E-state index in [0.29, 0.717) is 10.7 Å². The second-order valence-corrected chi connectivity index (χ2v) is 6.37. The molecule has 1 aromatic carbocycles. The standard InChI is InChI=1S/C14H13BrN2O2S/c1-8(2)13-16-7-11(12(17-13)14(18)19)20-10-6-4-3-5-9(10)15/h3-8H,1-2H3,(H,18,19). The summed E-state index contributed by atoms with van der Waals surface area (Å²) in [7, 11) is 0. The number of halogens is 1. The van der Waals surface area contributed by atoms with Crippen molar-refractivity contribution in [1.29, 1.82) is 0 Å². The van der Waals surface area contributed by atoms with Crippen LogP contribution in [0.3, 0.4) is 0 Å². The fourth-order valence-corrected chi connectivity index (χ4v) is 2.95. The molecule has 0 aliphatic carbocycles. The molecule has 20 heavy (non-hydrogen) atoms. The summed E-state index contributed by atoms with van der Waals surface area (Å²) in [5.41, 5.74) is 0.0458. The lowest BCUT2D eigenvalue weighted by molar-refractivity contribution is 0.0685. The maximum atomic E-state index is 11.4. The Kier molecular flexibility index (Phi) is 4.77. The van der Waals surface area contributed by atoms with Gasteiger partial charge in [-0.15, -0.1) is 0 Å². The van der Waals surface area contributed by atoms with Crippen molar-refractivity contribution in [1.82, 2.24) is 9.97 Å². The van der Waals surface area contributed by atoms with Crippen LogP contribution in [0.15, 0.2) is 44.7 Å². The highest BCUT2D eigenvalue weighted by molar-refractivity contribution is 9.10. The van der Waals surface area contributed by atoms with Gasteiger partial charge in [-0.3, -0.25) is 0 Å². The fourth-order valence-electron chi connectivity index (χ4n) is 1.54. The number of nitrogens with zero attached hydrogens (tertiary/aromatic N) is 2. The number of carboxylic acid groups (broad SMARTS) is 1. The van der Waals surface area contributed by atoms with Gasteiger partial charge in [0.2, 0.25) is 0 Å². The molecule has 0 aliphatic rings. The molecule has 0 saturated heterocycles. The van der Waals surface area contributed by atoms with Crippen molar-refractivity contribution in [2.24, 2.45) is 0 Å². The Balaban J connectivity index is 2.41. The molecule has 1 N–H and O–H groups in total. The summed E-state index contributed by atoms with van der Waals surface area (Å²) >= 11 is 4.78. The summed E-state index contributed by atoms with van der Waals surface area (Å²) in [5, 5.41) is 9.30. The van der Waals surface area contributed by atoms with Gasteiger partial charge in [-0.2, -0.15) is 0 Å². The van der Waals surface area contributed by atoms with Crippen LogP contribution in [0.1, 0.15) is 36.1 Å².